The number of aromatic amines is 1. The number of nitrogens with one attached hydrogen (secondary N) is 2. The van der Waals surface area contributed by atoms with Crippen LogP contribution in [0.15, 0.2) is 18.6 Å². The summed E-state index contributed by atoms with van der Waals surface area (Å²) < 4.78 is 34.6. The number of piperidine rings is 1. The van der Waals surface area contributed by atoms with Gasteiger partial charge in [-0.1, -0.05) is 6.92 Å². The molecule has 0 aromatic carbocycles. The molecular formula is C21H31ClN8O3S. The summed E-state index contributed by atoms with van der Waals surface area (Å²) in [6.45, 7) is 6.84. The predicted molar refractivity (Wildman–Crippen MR) is 131 cm³/mol. The number of anilines is 1. The molecule has 1 aliphatic heterocycles. The molecule has 0 amide bonds. The van der Waals surface area contributed by atoms with Gasteiger partial charge in [-0.2, -0.15) is 14.6 Å². The molecule has 0 aliphatic carbocycles. The van der Waals surface area contributed by atoms with Gasteiger partial charge in [0.05, 0.1) is 24.3 Å². The van der Waals surface area contributed by atoms with Crippen LogP contribution >= 0.6 is 11.6 Å². The Bertz CT molecular complexity index is 1200. The highest BCUT2D eigenvalue weighted by Crippen LogP contribution is 2.29. The lowest BCUT2D eigenvalue weighted by atomic mass is 9.95. The van der Waals surface area contributed by atoms with Gasteiger partial charge in [0.25, 0.3) is 0 Å². The van der Waals surface area contributed by atoms with Gasteiger partial charge in [-0.25, -0.2) is 17.7 Å². The number of fused-ring (bicyclic) bond motifs is 1. The van der Waals surface area contributed by atoms with E-state index in [0.29, 0.717) is 61.4 Å². The van der Waals surface area contributed by atoms with E-state index in [1.807, 2.05) is 20.8 Å². The van der Waals surface area contributed by atoms with Gasteiger partial charge in [0, 0.05) is 36.8 Å². The van der Waals surface area contributed by atoms with Crippen LogP contribution in [0.5, 0.6) is 5.88 Å². The third-order valence-corrected chi connectivity index (χ3v) is 8.01. The standard InChI is InChI=1S/C21H31ClN8O3S/c1-14(2)33-20-19(16-10-24-25-11-16)23-12-18-27-21(28-30(18)20)26-17-6-8-29(13-15(17)3)34(31,32)9-5-4-7-22/h10-12,14-15,17H,4-9,13H2,1-3H3,(H,24,25)(H,26,28)/t15-,17+/m1/s1. The summed E-state index contributed by atoms with van der Waals surface area (Å²) in [5.74, 6) is 1.65. The highest BCUT2D eigenvalue weighted by atomic mass is 35.5. The molecule has 0 unspecified atom stereocenters. The van der Waals surface area contributed by atoms with Crippen molar-refractivity contribution in [3.05, 3.63) is 18.6 Å². The van der Waals surface area contributed by atoms with Crippen molar-refractivity contribution >= 4 is 33.2 Å². The largest absolute Gasteiger partial charge is 0.473 e. The number of ether oxygens (including phenoxy) is 1. The van der Waals surface area contributed by atoms with Crippen LogP contribution in [-0.2, 0) is 10.0 Å². The van der Waals surface area contributed by atoms with Crippen molar-refractivity contribution in [3.8, 4) is 17.1 Å². The molecule has 4 rings (SSSR count). The van der Waals surface area contributed by atoms with Gasteiger partial charge in [0.2, 0.25) is 21.9 Å². The van der Waals surface area contributed by atoms with Crippen molar-refractivity contribution in [1.29, 1.82) is 0 Å². The molecule has 0 bridgehead atoms. The first-order chi connectivity index (χ1) is 16.3. The van der Waals surface area contributed by atoms with Crippen LogP contribution < -0.4 is 10.1 Å². The number of H-pyrrole nitrogens is 1. The molecule has 13 heteroatoms. The van der Waals surface area contributed by atoms with Crippen molar-refractivity contribution in [2.24, 2.45) is 5.92 Å². The number of halogens is 1. The third-order valence-electron chi connectivity index (χ3n) is 5.82. The smallest absolute Gasteiger partial charge is 0.244 e. The molecule has 1 fully saturated rings. The van der Waals surface area contributed by atoms with E-state index >= 15 is 0 Å². The molecule has 0 saturated carbocycles. The fourth-order valence-corrected chi connectivity index (χ4v) is 5.91. The molecule has 0 radical (unpaired) electrons. The summed E-state index contributed by atoms with van der Waals surface area (Å²) in [7, 11) is -3.27. The molecule has 11 nitrogen and oxygen atoms in total. The Labute approximate surface area is 204 Å². The van der Waals surface area contributed by atoms with Crippen LogP contribution in [0.1, 0.15) is 40.0 Å². The second kappa shape index (κ2) is 10.4. The van der Waals surface area contributed by atoms with Gasteiger partial charge in [-0.15, -0.1) is 16.7 Å². The molecule has 1 aliphatic rings. The Balaban J connectivity index is 1.51. The first kappa shape index (κ1) is 24.7. The second-order valence-electron chi connectivity index (χ2n) is 8.86. The van der Waals surface area contributed by atoms with Gasteiger partial charge in [-0.05, 0) is 39.0 Å². The maximum absolute atomic E-state index is 12.7. The summed E-state index contributed by atoms with van der Waals surface area (Å²) in [5, 5.41) is 14.8. The molecule has 3 aromatic heterocycles. The average Bonchev–Trinajstić information content (AvgIpc) is 3.45. The summed E-state index contributed by atoms with van der Waals surface area (Å²) in [6.07, 6.45) is 6.93. The quantitative estimate of drug-likeness (QED) is 0.314. The maximum Gasteiger partial charge on any atom is 0.244 e. The van der Waals surface area contributed by atoms with Crippen molar-refractivity contribution in [3.63, 3.8) is 0 Å². The van der Waals surface area contributed by atoms with Crippen molar-refractivity contribution in [2.75, 3.05) is 30.0 Å². The number of alkyl halides is 1. The van der Waals surface area contributed by atoms with Crippen LogP contribution in [0, 0.1) is 5.92 Å². The van der Waals surface area contributed by atoms with E-state index in [1.54, 1.807) is 27.4 Å². The number of rotatable bonds is 10. The molecule has 186 valence electrons. The van der Waals surface area contributed by atoms with E-state index in [1.165, 1.54) is 0 Å². The van der Waals surface area contributed by atoms with Crippen molar-refractivity contribution in [1.82, 2.24) is 34.1 Å². The Morgan fingerprint density at radius 2 is 2.15 bits per heavy atom. The van der Waals surface area contributed by atoms with Gasteiger partial charge in [0.1, 0.15) is 5.69 Å². The highest BCUT2D eigenvalue weighted by molar-refractivity contribution is 7.89. The van der Waals surface area contributed by atoms with E-state index in [4.69, 9.17) is 16.3 Å². The fourth-order valence-electron chi connectivity index (χ4n) is 4.05. The first-order valence-electron chi connectivity index (χ1n) is 11.5. The zero-order valence-corrected chi connectivity index (χ0v) is 21.2. The Hall–Kier alpha value is -2.44. The van der Waals surface area contributed by atoms with Gasteiger partial charge in [0.15, 0.2) is 5.65 Å². The van der Waals surface area contributed by atoms with Crippen LogP contribution in [0.25, 0.3) is 16.9 Å². The summed E-state index contributed by atoms with van der Waals surface area (Å²) in [5.41, 5.74) is 1.96. The molecular weight excluding hydrogens is 480 g/mol. The second-order valence-corrected chi connectivity index (χ2v) is 11.3. The van der Waals surface area contributed by atoms with Gasteiger partial charge >= 0.3 is 0 Å². The zero-order valence-electron chi connectivity index (χ0n) is 19.6. The Kier molecular flexibility index (Phi) is 7.58. The molecule has 34 heavy (non-hydrogen) atoms. The molecule has 1 saturated heterocycles. The van der Waals surface area contributed by atoms with E-state index < -0.39 is 10.0 Å². The van der Waals surface area contributed by atoms with Crippen LogP contribution in [0.4, 0.5) is 5.95 Å². The third kappa shape index (κ3) is 5.44. The SMILES string of the molecule is CC(C)Oc1c(-c2cn[nH]c2)ncc2nc(N[C@H]3CCN(S(=O)(=O)CCCCCl)C[C@H]3C)nn12. The summed E-state index contributed by atoms with van der Waals surface area (Å²) in [6, 6.07) is 0.0440. The number of unbranched alkanes of at least 4 members (excludes halogenated alkanes) is 1. The number of nitrogens with zero attached hydrogens (tertiary/aromatic N) is 6. The zero-order chi connectivity index (χ0) is 24.3. The summed E-state index contributed by atoms with van der Waals surface area (Å²) in [4.78, 5) is 9.11. The molecule has 4 heterocycles. The first-order valence-corrected chi connectivity index (χ1v) is 13.6. The minimum absolute atomic E-state index is 0.0440. The predicted octanol–water partition coefficient (Wildman–Crippen LogP) is 2.77. The van der Waals surface area contributed by atoms with Crippen LogP contribution in [-0.4, -0.2) is 79.4 Å². The lowest BCUT2D eigenvalue weighted by Crippen LogP contribution is -2.48. The number of hydrogen-bond donors (Lipinski definition) is 2. The maximum atomic E-state index is 12.7. The van der Waals surface area contributed by atoms with E-state index in [9.17, 15) is 8.42 Å². The van der Waals surface area contributed by atoms with Gasteiger partial charge in [-0.3, -0.25) is 5.10 Å². The molecule has 0 spiro atoms. The fraction of sp³-hybridized carbons (Fsp3) is 0.619. The number of sulfonamides is 1. The van der Waals surface area contributed by atoms with Crippen molar-refractivity contribution in [2.45, 2.75) is 52.2 Å². The molecule has 2 N–H and O–H groups in total. The average molecular weight is 511 g/mol. The summed E-state index contributed by atoms with van der Waals surface area (Å²) >= 11 is 5.69. The highest BCUT2D eigenvalue weighted by Gasteiger charge is 2.33. The minimum atomic E-state index is -3.27. The van der Waals surface area contributed by atoms with E-state index in [0.717, 1.165) is 5.56 Å². The monoisotopic (exact) mass is 510 g/mol. The van der Waals surface area contributed by atoms with E-state index in [-0.39, 0.29) is 23.8 Å². The lowest BCUT2D eigenvalue weighted by molar-refractivity contribution is 0.227. The Morgan fingerprint density at radius 1 is 1.32 bits per heavy atom. The van der Waals surface area contributed by atoms with Crippen LogP contribution in [0.2, 0.25) is 0 Å². The van der Waals surface area contributed by atoms with Crippen LogP contribution in [0.3, 0.4) is 0 Å². The number of aromatic nitrogens is 6. The normalized spacial score (nSPS) is 19.7. The topological polar surface area (TPSA) is 130 Å². The van der Waals surface area contributed by atoms with Crippen molar-refractivity contribution < 1.29 is 13.2 Å². The molecule has 2 atom stereocenters. The van der Waals surface area contributed by atoms with Gasteiger partial charge < -0.3 is 10.1 Å². The lowest BCUT2D eigenvalue weighted by Gasteiger charge is -2.36. The Morgan fingerprint density at radius 3 is 2.82 bits per heavy atom. The molecule has 3 aromatic rings. The minimum Gasteiger partial charge on any atom is -0.473 e. The number of hydrogen-bond acceptors (Lipinski definition) is 8. The van der Waals surface area contributed by atoms with E-state index in [2.05, 4.69) is 30.6 Å².